The normalized spacial score (nSPS) is 15.6. The van der Waals surface area contributed by atoms with Gasteiger partial charge in [0.1, 0.15) is 0 Å². The molecule has 0 aromatic heterocycles. The number of halogens is 3. The first-order chi connectivity index (χ1) is 16.7. The summed E-state index contributed by atoms with van der Waals surface area (Å²) in [5, 5.41) is 2.96. The van der Waals surface area contributed by atoms with E-state index in [1.54, 1.807) is 0 Å². The van der Waals surface area contributed by atoms with Gasteiger partial charge in [0, 0.05) is 24.7 Å². The van der Waals surface area contributed by atoms with Crippen LogP contribution in [0.1, 0.15) is 29.5 Å². The number of benzene rings is 3. The van der Waals surface area contributed by atoms with Crippen LogP contribution in [0.25, 0.3) is 0 Å². The summed E-state index contributed by atoms with van der Waals surface area (Å²) in [4.78, 5) is 12.2. The summed E-state index contributed by atoms with van der Waals surface area (Å²) in [6.45, 7) is -0.0590. The second-order valence-corrected chi connectivity index (χ2v) is 10.4. The molecular weight excluding hydrogens is 477 g/mol. The number of nitrogens with zero attached hydrogens (tertiary/aromatic N) is 1. The maximum Gasteiger partial charge on any atom is 0.417 e. The van der Waals surface area contributed by atoms with E-state index < -0.39 is 32.6 Å². The zero-order chi connectivity index (χ0) is 25.1. The smallest absolute Gasteiger partial charge is 0.326 e. The van der Waals surface area contributed by atoms with Crippen molar-refractivity contribution >= 4 is 21.6 Å². The Morgan fingerprint density at radius 1 is 0.886 bits per heavy atom. The van der Waals surface area contributed by atoms with Gasteiger partial charge in [0.05, 0.1) is 10.5 Å². The Balaban J connectivity index is 1.43. The van der Waals surface area contributed by atoms with Gasteiger partial charge in [-0.15, -0.1) is 0 Å². The van der Waals surface area contributed by atoms with E-state index >= 15 is 0 Å². The van der Waals surface area contributed by atoms with Crippen molar-refractivity contribution in [1.29, 1.82) is 0 Å². The van der Waals surface area contributed by atoms with Crippen LogP contribution in [-0.2, 0) is 27.4 Å². The molecule has 35 heavy (non-hydrogen) atoms. The monoisotopic (exact) mass is 502 g/mol. The number of piperidine rings is 1. The highest BCUT2D eigenvalue weighted by Crippen LogP contribution is 2.36. The van der Waals surface area contributed by atoms with E-state index in [1.165, 1.54) is 6.07 Å². The van der Waals surface area contributed by atoms with Crippen LogP contribution in [0.3, 0.4) is 0 Å². The number of carbonyl (C=O) groups is 1. The second-order valence-electron chi connectivity index (χ2n) is 8.48. The average Bonchev–Trinajstić information content (AvgIpc) is 2.85. The van der Waals surface area contributed by atoms with E-state index in [4.69, 9.17) is 0 Å². The molecular formula is C26H25F3N2O3S. The Hall–Kier alpha value is -3.17. The van der Waals surface area contributed by atoms with Crippen LogP contribution in [0, 0.1) is 5.92 Å². The molecule has 1 aliphatic rings. The number of sulfonamides is 1. The zero-order valence-electron chi connectivity index (χ0n) is 18.8. The lowest BCUT2D eigenvalue weighted by atomic mass is 9.96. The average molecular weight is 503 g/mol. The summed E-state index contributed by atoms with van der Waals surface area (Å²) >= 11 is 0. The minimum atomic E-state index is -4.78. The van der Waals surface area contributed by atoms with Crippen LogP contribution >= 0.6 is 0 Å². The number of hydrogen-bond acceptors (Lipinski definition) is 3. The number of anilines is 1. The first kappa shape index (κ1) is 24.9. The first-order valence-corrected chi connectivity index (χ1v) is 12.7. The number of carbonyl (C=O) groups excluding carboxylic acids is 1. The molecule has 0 radical (unpaired) electrons. The highest BCUT2D eigenvalue weighted by Gasteiger charge is 2.40. The highest BCUT2D eigenvalue weighted by molar-refractivity contribution is 7.89. The van der Waals surface area contributed by atoms with Crippen molar-refractivity contribution in [3.8, 4) is 0 Å². The van der Waals surface area contributed by atoms with Crippen LogP contribution in [0.5, 0.6) is 0 Å². The topological polar surface area (TPSA) is 66.5 Å². The number of hydrogen-bond donors (Lipinski definition) is 1. The van der Waals surface area contributed by atoms with Crippen molar-refractivity contribution in [2.24, 2.45) is 5.92 Å². The molecule has 1 aliphatic heterocycles. The molecule has 0 spiro atoms. The van der Waals surface area contributed by atoms with Gasteiger partial charge in [0.2, 0.25) is 15.9 Å². The van der Waals surface area contributed by atoms with Gasteiger partial charge in [-0.2, -0.15) is 17.5 Å². The third-order valence-electron chi connectivity index (χ3n) is 6.15. The van der Waals surface area contributed by atoms with Crippen LogP contribution in [0.15, 0.2) is 83.8 Å². The van der Waals surface area contributed by atoms with Crippen LogP contribution < -0.4 is 5.32 Å². The van der Waals surface area contributed by atoms with Gasteiger partial charge in [0.25, 0.3) is 0 Å². The van der Waals surface area contributed by atoms with Crippen molar-refractivity contribution in [3.05, 3.63) is 95.6 Å². The summed E-state index contributed by atoms with van der Waals surface area (Å²) in [7, 11) is -4.34. The zero-order valence-corrected chi connectivity index (χ0v) is 19.6. The van der Waals surface area contributed by atoms with E-state index in [2.05, 4.69) is 5.32 Å². The van der Waals surface area contributed by atoms with Crippen molar-refractivity contribution < 1.29 is 26.4 Å². The Labute approximate surface area is 202 Å². The summed E-state index contributed by atoms with van der Waals surface area (Å²) in [5.41, 5.74) is 1.56. The Bertz CT molecular complexity index is 1290. The maximum absolute atomic E-state index is 13.4. The summed E-state index contributed by atoms with van der Waals surface area (Å²) in [6.07, 6.45) is -3.69. The molecule has 1 amide bonds. The van der Waals surface area contributed by atoms with E-state index in [0.717, 1.165) is 33.6 Å². The van der Waals surface area contributed by atoms with Crippen molar-refractivity contribution in [3.63, 3.8) is 0 Å². The second kappa shape index (κ2) is 10.2. The molecule has 4 rings (SSSR count). The third kappa shape index (κ3) is 5.74. The van der Waals surface area contributed by atoms with Crippen molar-refractivity contribution in [2.75, 3.05) is 18.4 Å². The fraction of sp³-hybridized carbons (Fsp3) is 0.269. The van der Waals surface area contributed by atoms with Crippen LogP contribution in [-0.4, -0.2) is 31.7 Å². The largest absolute Gasteiger partial charge is 0.417 e. The predicted molar refractivity (Wildman–Crippen MR) is 127 cm³/mol. The highest BCUT2D eigenvalue weighted by atomic mass is 32.2. The SMILES string of the molecule is O=C(Nc1ccccc1Cc1ccccc1)C1CCN(S(=O)(=O)c2ccccc2C(F)(F)F)CC1. The fourth-order valence-electron chi connectivity index (χ4n) is 4.27. The number of alkyl halides is 3. The quantitative estimate of drug-likeness (QED) is 0.495. The van der Waals surface area contributed by atoms with Gasteiger partial charge in [-0.05, 0) is 48.6 Å². The Morgan fingerprint density at radius 3 is 2.17 bits per heavy atom. The molecule has 0 unspecified atom stereocenters. The molecule has 5 nitrogen and oxygen atoms in total. The number of para-hydroxylation sites is 1. The molecule has 184 valence electrons. The van der Waals surface area contributed by atoms with Gasteiger partial charge in [0.15, 0.2) is 0 Å². The summed E-state index contributed by atoms with van der Waals surface area (Å²) in [6, 6.07) is 21.5. The van der Waals surface area contributed by atoms with Gasteiger partial charge in [-0.25, -0.2) is 8.42 Å². The Morgan fingerprint density at radius 2 is 1.49 bits per heavy atom. The standard InChI is InChI=1S/C26H25F3N2O3S/c27-26(28,29)22-11-5-7-13-24(22)35(33,34)31-16-14-20(15-17-31)25(32)30-23-12-6-4-10-21(23)18-19-8-2-1-3-9-19/h1-13,20H,14-18H2,(H,30,32). The van der Waals surface area contributed by atoms with Crippen molar-refractivity contribution in [1.82, 2.24) is 4.31 Å². The molecule has 0 bridgehead atoms. The molecule has 0 atom stereocenters. The summed E-state index contributed by atoms with van der Waals surface area (Å²) < 4.78 is 67.0. The first-order valence-electron chi connectivity index (χ1n) is 11.3. The van der Waals surface area contributed by atoms with E-state index in [9.17, 15) is 26.4 Å². The lowest BCUT2D eigenvalue weighted by Gasteiger charge is -2.31. The number of rotatable bonds is 6. The lowest BCUT2D eigenvalue weighted by molar-refractivity contribution is -0.139. The molecule has 1 saturated heterocycles. The maximum atomic E-state index is 13.4. The third-order valence-corrected chi connectivity index (χ3v) is 8.10. The summed E-state index contributed by atoms with van der Waals surface area (Å²) in [5.74, 6) is -0.664. The Kier molecular flexibility index (Phi) is 7.28. The molecule has 3 aromatic rings. The van der Waals surface area contributed by atoms with Gasteiger partial charge in [-0.3, -0.25) is 4.79 Å². The molecule has 1 N–H and O–H groups in total. The minimum Gasteiger partial charge on any atom is -0.326 e. The predicted octanol–water partition coefficient (Wildman–Crippen LogP) is 5.34. The van der Waals surface area contributed by atoms with Gasteiger partial charge >= 0.3 is 6.18 Å². The molecule has 3 aromatic carbocycles. The number of nitrogens with one attached hydrogen (secondary N) is 1. The van der Waals surface area contributed by atoms with Gasteiger partial charge < -0.3 is 5.32 Å². The fourth-order valence-corrected chi connectivity index (χ4v) is 5.95. The molecule has 9 heteroatoms. The molecule has 0 saturated carbocycles. The van der Waals surface area contributed by atoms with Crippen molar-refractivity contribution in [2.45, 2.75) is 30.3 Å². The van der Waals surface area contributed by atoms with E-state index in [-0.39, 0.29) is 31.8 Å². The van der Waals surface area contributed by atoms with E-state index in [0.29, 0.717) is 12.1 Å². The lowest BCUT2D eigenvalue weighted by Crippen LogP contribution is -2.42. The molecule has 0 aliphatic carbocycles. The van der Waals surface area contributed by atoms with Crippen LogP contribution in [0.4, 0.5) is 18.9 Å². The van der Waals surface area contributed by atoms with E-state index in [1.807, 2.05) is 54.6 Å². The van der Waals surface area contributed by atoms with Crippen LogP contribution in [0.2, 0.25) is 0 Å². The molecule has 1 fully saturated rings. The molecule has 1 heterocycles. The number of amides is 1. The minimum absolute atomic E-state index is 0.0295. The van der Waals surface area contributed by atoms with Gasteiger partial charge in [-0.1, -0.05) is 60.7 Å².